The summed E-state index contributed by atoms with van der Waals surface area (Å²) in [5.74, 6) is -0.395. The highest BCUT2D eigenvalue weighted by molar-refractivity contribution is 5.34. The maximum Gasteiger partial charge on any atom is 0.165 e. The molecule has 0 saturated heterocycles. The first-order valence-electron chi connectivity index (χ1n) is 5.22. The number of hydrogen-bond donors (Lipinski definition) is 1. The van der Waals surface area contributed by atoms with E-state index in [1.54, 1.807) is 24.4 Å². The number of halogens is 1. The average molecular weight is 233 g/mol. The van der Waals surface area contributed by atoms with Crippen molar-refractivity contribution in [2.45, 2.75) is 13.2 Å². The predicted molar refractivity (Wildman–Crippen MR) is 60.9 cm³/mol. The minimum atomic E-state index is -0.479. The number of hydrogen-bond acceptors (Lipinski definition) is 3. The van der Waals surface area contributed by atoms with Gasteiger partial charge in [0.1, 0.15) is 6.61 Å². The molecule has 88 valence electrons. The van der Waals surface area contributed by atoms with Gasteiger partial charge in [0.2, 0.25) is 0 Å². The van der Waals surface area contributed by atoms with Crippen molar-refractivity contribution >= 4 is 0 Å². The Bertz CT molecular complexity index is 488. The Labute approximate surface area is 98.5 Å². The largest absolute Gasteiger partial charge is 0.484 e. The summed E-state index contributed by atoms with van der Waals surface area (Å²) >= 11 is 0. The lowest BCUT2D eigenvalue weighted by Gasteiger charge is -2.10. The molecule has 17 heavy (non-hydrogen) atoms. The maximum absolute atomic E-state index is 13.5. The average Bonchev–Trinajstić information content (AvgIpc) is 2.38. The van der Waals surface area contributed by atoms with Crippen LogP contribution in [0.5, 0.6) is 5.75 Å². The fourth-order valence-electron chi connectivity index (χ4n) is 1.47. The molecule has 1 aromatic heterocycles. The highest BCUT2D eigenvalue weighted by Gasteiger charge is 2.09. The molecule has 3 nitrogen and oxygen atoms in total. The van der Waals surface area contributed by atoms with Crippen LogP contribution in [0.3, 0.4) is 0 Å². The minimum absolute atomic E-state index is 0.0839. The SMILES string of the molecule is OCc1cccc(F)c1OCc1ccccn1. The third kappa shape index (κ3) is 2.79. The predicted octanol–water partition coefficient (Wildman–Crippen LogP) is 2.29. The second kappa shape index (κ2) is 5.41. The van der Waals surface area contributed by atoms with Gasteiger partial charge in [0.25, 0.3) is 0 Å². The van der Waals surface area contributed by atoms with Gasteiger partial charge in [-0.25, -0.2) is 4.39 Å². The summed E-state index contributed by atoms with van der Waals surface area (Å²) in [6.07, 6.45) is 1.65. The third-order valence-electron chi connectivity index (χ3n) is 2.31. The molecule has 0 radical (unpaired) electrons. The van der Waals surface area contributed by atoms with Crippen LogP contribution < -0.4 is 4.74 Å². The van der Waals surface area contributed by atoms with E-state index in [0.717, 1.165) is 0 Å². The van der Waals surface area contributed by atoms with E-state index in [0.29, 0.717) is 11.3 Å². The van der Waals surface area contributed by atoms with E-state index >= 15 is 0 Å². The zero-order valence-electron chi connectivity index (χ0n) is 9.14. The molecule has 0 saturated carbocycles. The molecule has 2 rings (SSSR count). The maximum atomic E-state index is 13.5. The van der Waals surface area contributed by atoms with E-state index in [2.05, 4.69) is 4.98 Å². The highest BCUT2D eigenvalue weighted by Crippen LogP contribution is 2.23. The Morgan fingerprint density at radius 1 is 1.18 bits per heavy atom. The lowest BCUT2D eigenvalue weighted by Crippen LogP contribution is -2.02. The van der Waals surface area contributed by atoms with Gasteiger partial charge < -0.3 is 9.84 Å². The first-order valence-corrected chi connectivity index (χ1v) is 5.22. The van der Waals surface area contributed by atoms with Crippen molar-refractivity contribution in [2.24, 2.45) is 0 Å². The molecule has 0 amide bonds. The van der Waals surface area contributed by atoms with Crippen molar-refractivity contribution in [2.75, 3.05) is 0 Å². The number of benzene rings is 1. The van der Waals surface area contributed by atoms with Crippen molar-refractivity contribution in [3.05, 3.63) is 59.7 Å². The van der Waals surface area contributed by atoms with E-state index in [4.69, 9.17) is 9.84 Å². The minimum Gasteiger partial charge on any atom is -0.484 e. The van der Waals surface area contributed by atoms with E-state index in [9.17, 15) is 4.39 Å². The second-order valence-corrected chi connectivity index (χ2v) is 3.50. The molecule has 0 bridgehead atoms. The number of aromatic nitrogens is 1. The van der Waals surface area contributed by atoms with Crippen molar-refractivity contribution in [1.29, 1.82) is 0 Å². The molecule has 2 aromatic rings. The number of pyridine rings is 1. The molecule has 4 heteroatoms. The van der Waals surface area contributed by atoms with Crippen LogP contribution in [0.1, 0.15) is 11.3 Å². The molecule has 1 heterocycles. The highest BCUT2D eigenvalue weighted by atomic mass is 19.1. The summed E-state index contributed by atoms with van der Waals surface area (Å²) in [5.41, 5.74) is 1.14. The number of para-hydroxylation sites is 1. The molecule has 1 N–H and O–H groups in total. The van der Waals surface area contributed by atoms with Crippen molar-refractivity contribution in [3.8, 4) is 5.75 Å². The summed E-state index contributed by atoms with van der Waals surface area (Å²) in [7, 11) is 0. The topological polar surface area (TPSA) is 42.4 Å². The molecular formula is C13H12FNO2. The summed E-state index contributed by atoms with van der Waals surface area (Å²) < 4.78 is 18.8. The van der Waals surface area contributed by atoms with Gasteiger partial charge in [-0.3, -0.25) is 4.98 Å². The van der Waals surface area contributed by atoms with Gasteiger partial charge in [-0.2, -0.15) is 0 Å². The monoisotopic (exact) mass is 233 g/mol. The molecule has 0 aliphatic carbocycles. The number of ether oxygens (including phenoxy) is 1. The second-order valence-electron chi connectivity index (χ2n) is 3.50. The van der Waals surface area contributed by atoms with Crippen LogP contribution in [0.4, 0.5) is 4.39 Å². The number of rotatable bonds is 4. The van der Waals surface area contributed by atoms with Gasteiger partial charge in [0, 0.05) is 11.8 Å². The summed E-state index contributed by atoms with van der Waals surface area (Å²) in [6, 6.07) is 9.88. The molecule has 0 aliphatic heterocycles. The van der Waals surface area contributed by atoms with Crippen LogP contribution in [-0.2, 0) is 13.2 Å². The summed E-state index contributed by atoms with van der Waals surface area (Å²) in [4.78, 5) is 4.07. The van der Waals surface area contributed by atoms with E-state index in [1.807, 2.05) is 6.07 Å². The Balaban J connectivity index is 2.14. The number of aliphatic hydroxyl groups is 1. The van der Waals surface area contributed by atoms with Crippen molar-refractivity contribution in [1.82, 2.24) is 4.98 Å². The first kappa shape index (κ1) is 11.5. The molecule has 0 atom stereocenters. The molecule has 0 spiro atoms. The zero-order valence-corrected chi connectivity index (χ0v) is 9.14. The standard InChI is InChI=1S/C13H12FNO2/c14-12-6-3-4-10(8-16)13(12)17-9-11-5-1-2-7-15-11/h1-7,16H,8-9H2. The quantitative estimate of drug-likeness (QED) is 0.881. The van der Waals surface area contributed by atoms with E-state index < -0.39 is 5.82 Å². The Morgan fingerprint density at radius 2 is 2.06 bits per heavy atom. The lowest BCUT2D eigenvalue weighted by molar-refractivity contribution is 0.249. The summed E-state index contributed by atoms with van der Waals surface area (Å²) in [6.45, 7) is -0.0793. The number of nitrogens with zero attached hydrogens (tertiary/aromatic N) is 1. The Morgan fingerprint density at radius 3 is 2.76 bits per heavy atom. The summed E-state index contributed by atoms with van der Waals surface area (Å²) in [5, 5.41) is 9.08. The van der Waals surface area contributed by atoms with E-state index in [-0.39, 0.29) is 19.0 Å². The normalized spacial score (nSPS) is 10.2. The fourth-order valence-corrected chi connectivity index (χ4v) is 1.47. The van der Waals surface area contributed by atoms with Crippen molar-refractivity contribution in [3.63, 3.8) is 0 Å². The third-order valence-corrected chi connectivity index (χ3v) is 2.31. The molecule has 0 fully saturated rings. The van der Waals surface area contributed by atoms with Gasteiger partial charge >= 0.3 is 0 Å². The van der Waals surface area contributed by atoms with Gasteiger partial charge in [-0.15, -0.1) is 0 Å². The Kier molecular flexibility index (Phi) is 3.67. The first-order chi connectivity index (χ1) is 8.31. The van der Waals surface area contributed by atoms with Gasteiger partial charge in [-0.05, 0) is 18.2 Å². The van der Waals surface area contributed by atoms with Gasteiger partial charge in [0.05, 0.1) is 12.3 Å². The van der Waals surface area contributed by atoms with Crippen LogP contribution in [0, 0.1) is 5.82 Å². The van der Waals surface area contributed by atoms with Crippen LogP contribution in [0.2, 0.25) is 0 Å². The van der Waals surface area contributed by atoms with Crippen LogP contribution >= 0.6 is 0 Å². The Hall–Kier alpha value is -1.94. The van der Waals surface area contributed by atoms with Gasteiger partial charge in [0.15, 0.2) is 11.6 Å². The molecule has 0 unspecified atom stereocenters. The van der Waals surface area contributed by atoms with Crippen LogP contribution in [-0.4, -0.2) is 10.1 Å². The molecule has 1 aromatic carbocycles. The van der Waals surface area contributed by atoms with Crippen molar-refractivity contribution < 1.29 is 14.2 Å². The zero-order chi connectivity index (χ0) is 12.1. The smallest absolute Gasteiger partial charge is 0.165 e. The fraction of sp³-hybridized carbons (Fsp3) is 0.154. The lowest BCUT2D eigenvalue weighted by atomic mass is 10.2. The van der Waals surface area contributed by atoms with Crippen LogP contribution in [0.15, 0.2) is 42.6 Å². The van der Waals surface area contributed by atoms with Gasteiger partial charge in [-0.1, -0.05) is 18.2 Å². The van der Waals surface area contributed by atoms with E-state index in [1.165, 1.54) is 12.1 Å². The van der Waals surface area contributed by atoms with Crippen LogP contribution in [0.25, 0.3) is 0 Å². The number of aliphatic hydroxyl groups excluding tert-OH is 1. The molecular weight excluding hydrogens is 221 g/mol. The molecule has 0 aliphatic rings.